The molecule has 0 fully saturated rings. The van der Waals surface area contributed by atoms with E-state index in [1.165, 1.54) is 5.56 Å². The lowest BCUT2D eigenvalue weighted by atomic mass is 10.3. The summed E-state index contributed by atoms with van der Waals surface area (Å²) >= 11 is 6.70. The maximum atomic E-state index is 10.6. The first-order valence-electron chi connectivity index (χ1n) is 5.63. The van der Waals surface area contributed by atoms with Crippen molar-refractivity contribution < 1.29 is 9.53 Å². The molecule has 0 unspecified atom stereocenters. The topological polar surface area (TPSA) is 39.2 Å². The molecule has 1 heterocycles. The molecule has 0 aliphatic heterocycles. The van der Waals surface area contributed by atoms with E-state index in [2.05, 4.69) is 4.98 Å². The van der Waals surface area contributed by atoms with E-state index in [1.807, 2.05) is 38.1 Å². The van der Waals surface area contributed by atoms with E-state index in [0.29, 0.717) is 5.75 Å². The van der Waals surface area contributed by atoms with Gasteiger partial charge in [0.25, 0.3) is 0 Å². The van der Waals surface area contributed by atoms with E-state index < -0.39 is 5.43 Å². The second kappa shape index (κ2) is 6.08. The molecule has 0 radical (unpaired) electrons. The van der Waals surface area contributed by atoms with Crippen LogP contribution in [0.2, 0.25) is 0 Å². The number of halogens is 1. The molecule has 0 saturated carbocycles. The van der Waals surface area contributed by atoms with E-state index in [1.54, 1.807) is 23.9 Å². The predicted molar refractivity (Wildman–Crippen MR) is 76.2 cm³/mol. The number of nitrogens with zero attached hydrogens (tertiary/aromatic N) is 1. The highest BCUT2D eigenvalue weighted by Gasteiger charge is 2.03. The summed E-state index contributed by atoms with van der Waals surface area (Å²) in [6, 6.07) is 11.2. The van der Waals surface area contributed by atoms with Crippen molar-refractivity contribution in [1.29, 1.82) is 0 Å². The van der Waals surface area contributed by atoms with Crippen molar-refractivity contribution in [2.24, 2.45) is 0 Å². The van der Waals surface area contributed by atoms with Crippen molar-refractivity contribution in [1.82, 2.24) is 4.98 Å². The van der Waals surface area contributed by atoms with Gasteiger partial charge in [0, 0.05) is 22.2 Å². The van der Waals surface area contributed by atoms with Crippen LogP contribution < -0.4 is 4.74 Å². The molecule has 98 valence electrons. The molecule has 0 spiro atoms. The zero-order valence-electron chi connectivity index (χ0n) is 10.5. The summed E-state index contributed by atoms with van der Waals surface area (Å²) in [5, 5.41) is 0.944. The van der Waals surface area contributed by atoms with Crippen molar-refractivity contribution >= 4 is 28.8 Å². The Labute approximate surface area is 121 Å². The van der Waals surface area contributed by atoms with E-state index in [4.69, 9.17) is 16.3 Å². The van der Waals surface area contributed by atoms with Gasteiger partial charge in [-0.1, -0.05) is 11.8 Å². The van der Waals surface area contributed by atoms with Gasteiger partial charge in [0.05, 0.1) is 0 Å². The fourth-order valence-electron chi connectivity index (χ4n) is 1.65. The summed E-state index contributed by atoms with van der Waals surface area (Å²) in [5.41, 5.74) is 1.34. The Morgan fingerprint density at radius 2 is 1.89 bits per heavy atom. The van der Waals surface area contributed by atoms with E-state index in [-0.39, 0.29) is 0 Å². The quantitative estimate of drug-likeness (QED) is 0.776. The van der Waals surface area contributed by atoms with Crippen LogP contribution in [0.25, 0.3) is 0 Å². The zero-order valence-corrected chi connectivity index (χ0v) is 12.1. The highest BCUT2D eigenvalue weighted by molar-refractivity contribution is 7.99. The minimum atomic E-state index is -0.837. The number of carbonyl (C=O) groups excluding carboxylic acids is 1. The molecule has 2 aromatic rings. The smallest absolute Gasteiger partial charge is 0.409 e. The van der Waals surface area contributed by atoms with Crippen LogP contribution in [0.15, 0.2) is 46.3 Å². The Morgan fingerprint density at radius 3 is 2.47 bits per heavy atom. The number of hydrogen-bond donors (Lipinski definition) is 0. The summed E-state index contributed by atoms with van der Waals surface area (Å²) in [4.78, 5) is 16.1. The third kappa shape index (κ3) is 4.26. The van der Waals surface area contributed by atoms with Gasteiger partial charge in [-0.05, 0) is 55.8 Å². The predicted octanol–water partition coefficient (Wildman–Crippen LogP) is 4.59. The van der Waals surface area contributed by atoms with Gasteiger partial charge in [0.1, 0.15) is 10.8 Å². The lowest BCUT2D eigenvalue weighted by molar-refractivity contribution is 0.225. The highest BCUT2D eigenvalue weighted by Crippen LogP contribution is 2.28. The molecule has 2 rings (SSSR count). The second-order valence-electron chi connectivity index (χ2n) is 4.04. The maximum Gasteiger partial charge on any atom is 0.409 e. The first-order valence-corrected chi connectivity index (χ1v) is 6.83. The van der Waals surface area contributed by atoms with Crippen molar-refractivity contribution in [3.05, 3.63) is 47.7 Å². The number of carbonyl (C=O) groups is 1. The number of rotatable bonds is 3. The molecule has 0 saturated heterocycles. The van der Waals surface area contributed by atoms with Gasteiger partial charge in [-0.3, -0.25) is 0 Å². The van der Waals surface area contributed by atoms with Crippen molar-refractivity contribution in [2.45, 2.75) is 23.8 Å². The molecule has 0 aliphatic carbocycles. The molecule has 0 amide bonds. The minimum absolute atomic E-state index is 0.428. The third-order valence-corrected chi connectivity index (χ3v) is 3.32. The summed E-state index contributed by atoms with van der Waals surface area (Å²) in [6.45, 7) is 4.02. The van der Waals surface area contributed by atoms with Gasteiger partial charge in [0.15, 0.2) is 0 Å². The van der Waals surface area contributed by atoms with Gasteiger partial charge in [0.2, 0.25) is 0 Å². The summed E-state index contributed by atoms with van der Waals surface area (Å²) < 4.78 is 4.76. The summed E-state index contributed by atoms with van der Waals surface area (Å²) in [5.74, 6) is 0.428. The Kier molecular flexibility index (Phi) is 4.45. The Balaban J connectivity index is 2.12. The standard InChI is InChI=1S/C14H12ClNO2S/c1-9-7-10(2)16-13(8-9)19-12-5-3-11(4-6-12)18-14(15)17/h3-8H,1-2H3. The van der Waals surface area contributed by atoms with E-state index in [0.717, 1.165) is 15.6 Å². The molecule has 0 aliphatic rings. The first-order chi connectivity index (χ1) is 9.02. The van der Waals surface area contributed by atoms with Crippen LogP contribution in [0.3, 0.4) is 0 Å². The van der Waals surface area contributed by atoms with Gasteiger partial charge in [-0.15, -0.1) is 0 Å². The molecule has 3 nitrogen and oxygen atoms in total. The lowest BCUT2D eigenvalue weighted by Crippen LogP contribution is -1.95. The summed E-state index contributed by atoms with van der Waals surface area (Å²) in [7, 11) is 0. The fraction of sp³-hybridized carbons (Fsp3) is 0.143. The highest BCUT2D eigenvalue weighted by atomic mass is 35.5. The number of pyridine rings is 1. The number of hydrogen-bond acceptors (Lipinski definition) is 4. The molecule has 5 heteroatoms. The number of benzene rings is 1. The number of aromatic nitrogens is 1. The average molecular weight is 294 g/mol. The third-order valence-electron chi connectivity index (χ3n) is 2.32. The van der Waals surface area contributed by atoms with Crippen LogP contribution in [-0.2, 0) is 0 Å². The monoisotopic (exact) mass is 293 g/mol. The SMILES string of the molecule is Cc1cc(C)nc(Sc2ccc(OC(=O)Cl)cc2)c1. The second-order valence-corrected chi connectivity index (χ2v) is 5.44. The molecule has 0 N–H and O–H groups in total. The van der Waals surface area contributed by atoms with Crippen LogP contribution in [-0.4, -0.2) is 10.4 Å². The van der Waals surface area contributed by atoms with Crippen LogP contribution in [0.4, 0.5) is 4.79 Å². The van der Waals surface area contributed by atoms with Gasteiger partial charge < -0.3 is 4.74 Å². The Hall–Kier alpha value is -1.52. The lowest BCUT2D eigenvalue weighted by Gasteiger charge is -2.05. The Bertz CT molecular complexity index is 579. The minimum Gasteiger partial charge on any atom is -0.415 e. The van der Waals surface area contributed by atoms with Gasteiger partial charge >= 0.3 is 5.43 Å². The van der Waals surface area contributed by atoms with Gasteiger partial charge in [-0.2, -0.15) is 0 Å². The number of ether oxygens (including phenoxy) is 1. The normalized spacial score (nSPS) is 10.3. The Morgan fingerprint density at radius 1 is 1.21 bits per heavy atom. The largest absolute Gasteiger partial charge is 0.415 e. The number of aryl methyl sites for hydroxylation is 2. The van der Waals surface area contributed by atoms with Crippen LogP contribution in [0.5, 0.6) is 5.75 Å². The van der Waals surface area contributed by atoms with E-state index in [9.17, 15) is 4.79 Å². The van der Waals surface area contributed by atoms with Crippen molar-refractivity contribution in [3.63, 3.8) is 0 Å². The first kappa shape index (κ1) is 13.9. The molecular weight excluding hydrogens is 282 g/mol. The molecular formula is C14H12ClNO2S. The van der Waals surface area contributed by atoms with Crippen LogP contribution in [0, 0.1) is 13.8 Å². The van der Waals surface area contributed by atoms with Gasteiger partial charge in [-0.25, -0.2) is 9.78 Å². The van der Waals surface area contributed by atoms with Crippen LogP contribution in [0.1, 0.15) is 11.3 Å². The molecule has 0 atom stereocenters. The molecule has 19 heavy (non-hydrogen) atoms. The zero-order chi connectivity index (χ0) is 13.8. The van der Waals surface area contributed by atoms with Crippen molar-refractivity contribution in [2.75, 3.05) is 0 Å². The fourth-order valence-corrected chi connectivity index (χ4v) is 2.68. The average Bonchev–Trinajstić information content (AvgIpc) is 2.29. The molecule has 0 bridgehead atoms. The maximum absolute atomic E-state index is 10.6. The molecule has 1 aromatic carbocycles. The molecule has 1 aromatic heterocycles. The van der Waals surface area contributed by atoms with Crippen molar-refractivity contribution in [3.8, 4) is 5.75 Å². The summed E-state index contributed by atoms with van der Waals surface area (Å²) in [6.07, 6.45) is 0. The van der Waals surface area contributed by atoms with E-state index >= 15 is 0 Å². The van der Waals surface area contributed by atoms with Crippen LogP contribution >= 0.6 is 23.4 Å².